The van der Waals surface area contributed by atoms with E-state index in [2.05, 4.69) is 15.5 Å². The molecule has 0 radical (unpaired) electrons. The SMILES string of the molecule is COc1cccc(OCC(=O)NCCCN2CCNCC2)c1. The Morgan fingerprint density at radius 1 is 1.32 bits per heavy atom. The summed E-state index contributed by atoms with van der Waals surface area (Å²) in [5, 5.41) is 6.21. The lowest BCUT2D eigenvalue weighted by Gasteiger charge is -2.27. The maximum atomic E-state index is 11.7. The number of amides is 1. The Morgan fingerprint density at radius 2 is 2.09 bits per heavy atom. The van der Waals surface area contributed by atoms with E-state index in [9.17, 15) is 4.79 Å². The van der Waals surface area contributed by atoms with Crippen LogP contribution in [0.5, 0.6) is 11.5 Å². The van der Waals surface area contributed by atoms with E-state index < -0.39 is 0 Å². The van der Waals surface area contributed by atoms with Crippen LogP contribution in [0.25, 0.3) is 0 Å². The van der Waals surface area contributed by atoms with Gasteiger partial charge in [0.15, 0.2) is 6.61 Å². The standard InChI is InChI=1S/C16H25N3O3/c1-21-14-4-2-5-15(12-14)22-13-16(20)18-6-3-9-19-10-7-17-8-11-19/h2,4-5,12,17H,3,6-11,13H2,1H3,(H,18,20). The van der Waals surface area contributed by atoms with Crippen molar-refractivity contribution in [3.63, 3.8) is 0 Å². The number of hydrogen-bond acceptors (Lipinski definition) is 5. The van der Waals surface area contributed by atoms with Gasteiger partial charge in [0.05, 0.1) is 7.11 Å². The Morgan fingerprint density at radius 3 is 2.86 bits per heavy atom. The first kappa shape index (κ1) is 16.6. The predicted molar refractivity (Wildman–Crippen MR) is 85.4 cm³/mol. The molecule has 122 valence electrons. The van der Waals surface area contributed by atoms with Crippen LogP contribution in [0.15, 0.2) is 24.3 Å². The summed E-state index contributed by atoms with van der Waals surface area (Å²) in [5.41, 5.74) is 0. The van der Waals surface area contributed by atoms with Gasteiger partial charge in [0.2, 0.25) is 0 Å². The average Bonchev–Trinajstić information content (AvgIpc) is 2.58. The van der Waals surface area contributed by atoms with Crippen molar-refractivity contribution in [2.75, 3.05) is 53.0 Å². The van der Waals surface area contributed by atoms with Crippen LogP contribution in [-0.4, -0.2) is 63.8 Å². The Bertz CT molecular complexity index is 462. The molecule has 22 heavy (non-hydrogen) atoms. The van der Waals surface area contributed by atoms with E-state index in [1.165, 1.54) is 0 Å². The lowest BCUT2D eigenvalue weighted by molar-refractivity contribution is -0.123. The summed E-state index contributed by atoms with van der Waals surface area (Å²) < 4.78 is 10.6. The number of carbonyl (C=O) groups is 1. The highest BCUT2D eigenvalue weighted by molar-refractivity contribution is 5.77. The number of hydrogen-bond donors (Lipinski definition) is 2. The largest absolute Gasteiger partial charge is 0.497 e. The number of rotatable bonds is 8. The summed E-state index contributed by atoms with van der Waals surface area (Å²) in [5.74, 6) is 1.26. The molecule has 6 heteroatoms. The molecule has 0 spiro atoms. The number of carbonyl (C=O) groups excluding carboxylic acids is 1. The minimum atomic E-state index is -0.0943. The van der Waals surface area contributed by atoms with Crippen molar-refractivity contribution < 1.29 is 14.3 Å². The first-order valence-corrected chi connectivity index (χ1v) is 7.74. The van der Waals surface area contributed by atoms with Gasteiger partial charge in [-0.3, -0.25) is 4.79 Å². The molecule has 0 unspecified atom stereocenters. The van der Waals surface area contributed by atoms with Gasteiger partial charge in [-0.2, -0.15) is 0 Å². The lowest BCUT2D eigenvalue weighted by Crippen LogP contribution is -2.44. The zero-order valence-corrected chi connectivity index (χ0v) is 13.1. The Labute approximate surface area is 131 Å². The van der Waals surface area contributed by atoms with Crippen molar-refractivity contribution in [1.82, 2.24) is 15.5 Å². The van der Waals surface area contributed by atoms with Crippen molar-refractivity contribution in [2.45, 2.75) is 6.42 Å². The van der Waals surface area contributed by atoms with Gasteiger partial charge < -0.3 is 25.0 Å². The fraction of sp³-hybridized carbons (Fsp3) is 0.562. The van der Waals surface area contributed by atoms with E-state index in [1.54, 1.807) is 19.2 Å². The smallest absolute Gasteiger partial charge is 0.257 e. The lowest BCUT2D eigenvalue weighted by atomic mass is 10.3. The summed E-state index contributed by atoms with van der Waals surface area (Å²) in [7, 11) is 1.60. The fourth-order valence-corrected chi connectivity index (χ4v) is 2.36. The zero-order valence-electron chi connectivity index (χ0n) is 13.1. The second-order valence-electron chi connectivity index (χ2n) is 5.26. The number of ether oxygens (including phenoxy) is 2. The number of nitrogens with zero attached hydrogens (tertiary/aromatic N) is 1. The summed E-state index contributed by atoms with van der Waals surface area (Å²) in [6.45, 7) is 6.03. The van der Waals surface area contributed by atoms with E-state index in [0.29, 0.717) is 18.0 Å². The Hall–Kier alpha value is -1.79. The third-order valence-electron chi connectivity index (χ3n) is 3.59. The van der Waals surface area contributed by atoms with Crippen LogP contribution < -0.4 is 20.1 Å². The highest BCUT2D eigenvalue weighted by Gasteiger charge is 2.09. The summed E-state index contributed by atoms with van der Waals surface area (Å²) in [4.78, 5) is 14.1. The van der Waals surface area contributed by atoms with E-state index in [4.69, 9.17) is 9.47 Å². The van der Waals surface area contributed by atoms with Crippen molar-refractivity contribution in [2.24, 2.45) is 0 Å². The van der Waals surface area contributed by atoms with Crippen LogP contribution in [0.2, 0.25) is 0 Å². The molecule has 2 N–H and O–H groups in total. The number of nitrogens with one attached hydrogen (secondary N) is 2. The van der Waals surface area contributed by atoms with Gasteiger partial charge in [0.25, 0.3) is 5.91 Å². The predicted octanol–water partition coefficient (Wildman–Crippen LogP) is 0.486. The van der Waals surface area contributed by atoms with E-state index >= 15 is 0 Å². The van der Waals surface area contributed by atoms with E-state index in [0.717, 1.165) is 39.1 Å². The van der Waals surface area contributed by atoms with Gasteiger partial charge in [-0.15, -0.1) is 0 Å². The molecule has 0 bridgehead atoms. The highest BCUT2D eigenvalue weighted by atomic mass is 16.5. The molecule has 2 rings (SSSR count). The van der Waals surface area contributed by atoms with E-state index in [1.807, 2.05) is 12.1 Å². The molecule has 1 amide bonds. The molecule has 0 saturated carbocycles. The van der Waals surface area contributed by atoms with E-state index in [-0.39, 0.29) is 12.5 Å². The van der Waals surface area contributed by atoms with Crippen molar-refractivity contribution in [1.29, 1.82) is 0 Å². The molecule has 1 saturated heterocycles. The van der Waals surface area contributed by atoms with Gasteiger partial charge in [-0.1, -0.05) is 6.07 Å². The number of benzene rings is 1. The van der Waals surface area contributed by atoms with Crippen molar-refractivity contribution in [3.05, 3.63) is 24.3 Å². The second kappa shape index (κ2) is 9.27. The topological polar surface area (TPSA) is 62.8 Å². The molecule has 0 aliphatic carbocycles. The van der Waals surface area contributed by atoms with Gasteiger partial charge >= 0.3 is 0 Å². The molecular weight excluding hydrogens is 282 g/mol. The van der Waals surface area contributed by atoms with Crippen molar-refractivity contribution >= 4 is 5.91 Å². The fourth-order valence-electron chi connectivity index (χ4n) is 2.36. The molecule has 1 heterocycles. The second-order valence-corrected chi connectivity index (χ2v) is 5.26. The maximum absolute atomic E-state index is 11.7. The molecule has 0 atom stereocenters. The van der Waals surface area contributed by atoms with Crippen LogP contribution in [-0.2, 0) is 4.79 Å². The molecular formula is C16H25N3O3. The minimum Gasteiger partial charge on any atom is -0.497 e. The molecule has 1 aliphatic heterocycles. The van der Waals surface area contributed by atoms with Crippen molar-refractivity contribution in [3.8, 4) is 11.5 Å². The highest BCUT2D eigenvalue weighted by Crippen LogP contribution is 2.18. The molecule has 1 aromatic carbocycles. The van der Waals surface area contributed by atoms with Crippen LogP contribution in [0, 0.1) is 0 Å². The Kier molecular flexibility index (Phi) is 6.99. The third-order valence-corrected chi connectivity index (χ3v) is 3.59. The summed E-state index contributed by atoms with van der Waals surface area (Å²) >= 11 is 0. The van der Waals surface area contributed by atoms with Gasteiger partial charge in [0.1, 0.15) is 11.5 Å². The minimum absolute atomic E-state index is 0.0286. The summed E-state index contributed by atoms with van der Waals surface area (Å²) in [6.07, 6.45) is 0.963. The average molecular weight is 307 g/mol. The maximum Gasteiger partial charge on any atom is 0.257 e. The van der Waals surface area contributed by atoms with Crippen LogP contribution in [0.1, 0.15) is 6.42 Å². The quantitative estimate of drug-likeness (QED) is 0.684. The summed E-state index contributed by atoms with van der Waals surface area (Å²) in [6, 6.07) is 7.24. The number of methoxy groups -OCH3 is 1. The van der Waals surface area contributed by atoms with Crippen LogP contribution in [0.3, 0.4) is 0 Å². The van der Waals surface area contributed by atoms with Crippen LogP contribution in [0.4, 0.5) is 0 Å². The monoisotopic (exact) mass is 307 g/mol. The van der Waals surface area contributed by atoms with Gasteiger partial charge in [-0.25, -0.2) is 0 Å². The third kappa shape index (κ3) is 5.91. The molecule has 6 nitrogen and oxygen atoms in total. The van der Waals surface area contributed by atoms with Gasteiger partial charge in [-0.05, 0) is 25.1 Å². The zero-order chi connectivity index (χ0) is 15.6. The van der Waals surface area contributed by atoms with Crippen LogP contribution >= 0.6 is 0 Å². The molecule has 1 aliphatic rings. The first-order valence-electron chi connectivity index (χ1n) is 7.74. The normalized spacial score (nSPS) is 15.3. The first-order chi connectivity index (χ1) is 10.8. The molecule has 1 fully saturated rings. The molecule has 1 aromatic rings. The Balaban J connectivity index is 1.57. The number of piperazine rings is 1. The molecule has 0 aromatic heterocycles. The van der Waals surface area contributed by atoms with Gasteiger partial charge in [0, 0.05) is 38.8 Å².